The fourth-order valence-electron chi connectivity index (χ4n) is 3.22. The molecule has 4 rings (SSSR count). The average Bonchev–Trinajstić information content (AvgIpc) is 3.15. The van der Waals surface area contributed by atoms with Crippen LogP contribution in [0.15, 0.2) is 66.7 Å². The number of hydrogen-bond donors (Lipinski definition) is 2. The van der Waals surface area contributed by atoms with Crippen LogP contribution in [0.25, 0.3) is 10.9 Å². The number of aromatic amines is 1. The molecule has 0 saturated heterocycles. The van der Waals surface area contributed by atoms with E-state index in [0.29, 0.717) is 12.4 Å². The van der Waals surface area contributed by atoms with Gasteiger partial charge in [-0.15, -0.1) is 0 Å². The van der Waals surface area contributed by atoms with Crippen molar-refractivity contribution in [3.8, 4) is 11.5 Å². The zero-order valence-corrected chi connectivity index (χ0v) is 16.9. The summed E-state index contributed by atoms with van der Waals surface area (Å²) in [4.78, 5) is 12.5. The van der Waals surface area contributed by atoms with Gasteiger partial charge < -0.3 is 14.8 Å². The quantitative estimate of drug-likeness (QED) is 0.473. The number of ether oxygens (including phenoxy) is 2. The number of aryl methyl sites for hydroxylation is 1. The fraction of sp³-hybridized carbons (Fsp3) is 0.167. The number of anilines is 1. The maximum atomic E-state index is 12.5. The molecule has 2 N–H and O–H groups in total. The van der Waals surface area contributed by atoms with E-state index < -0.39 is 0 Å². The molecule has 4 aromatic rings. The van der Waals surface area contributed by atoms with Crippen LogP contribution in [0.3, 0.4) is 0 Å². The van der Waals surface area contributed by atoms with Crippen molar-refractivity contribution in [3.63, 3.8) is 0 Å². The summed E-state index contributed by atoms with van der Waals surface area (Å²) < 4.78 is 11.1. The number of benzene rings is 3. The Kier molecular flexibility index (Phi) is 5.66. The minimum absolute atomic E-state index is 0.139. The smallest absolute Gasteiger partial charge is 0.230 e. The maximum Gasteiger partial charge on any atom is 0.230 e. The van der Waals surface area contributed by atoms with Gasteiger partial charge in [-0.2, -0.15) is 5.10 Å². The van der Waals surface area contributed by atoms with Gasteiger partial charge in [-0.1, -0.05) is 36.4 Å². The third-order valence-electron chi connectivity index (χ3n) is 4.97. The Hall–Kier alpha value is -3.80. The van der Waals surface area contributed by atoms with E-state index in [0.717, 1.165) is 33.5 Å². The molecular formula is C24H23N3O3. The van der Waals surface area contributed by atoms with Crippen LogP contribution < -0.4 is 14.8 Å². The van der Waals surface area contributed by atoms with Gasteiger partial charge in [0.2, 0.25) is 5.91 Å². The summed E-state index contributed by atoms with van der Waals surface area (Å²) in [6.45, 7) is 2.55. The number of hydrogen-bond acceptors (Lipinski definition) is 4. The van der Waals surface area contributed by atoms with Crippen molar-refractivity contribution in [1.82, 2.24) is 10.2 Å². The minimum Gasteiger partial charge on any atom is -0.497 e. The predicted molar refractivity (Wildman–Crippen MR) is 117 cm³/mol. The van der Waals surface area contributed by atoms with E-state index in [1.165, 1.54) is 5.56 Å². The van der Waals surface area contributed by atoms with E-state index >= 15 is 0 Å². The SMILES string of the molecule is COc1ccc(CC(=O)Nc2n[nH]c3ccc(OCc4ccccc4C)cc23)cc1. The number of carbonyl (C=O) groups is 1. The van der Waals surface area contributed by atoms with Gasteiger partial charge in [0.05, 0.1) is 19.0 Å². The number of fused-ring (bicyclic) bond motifs is 1. The van der Waals surface area contributed by atoms with Crippen molar-refractivity contribution in [2.24, 2.45) is 0 Å². The van der Waals surface area contributed by atoms with Crippen LogP contribution in [0, 0.1) is 6.92 Å². The second kappa shape index (κ2) is 8.69. The highest BCUT2D eigenvalue weighted by molar-refractivity contribution is 6.00. The maximum absolute atomic E-state index is 12.5. The van der Waals surface area contributed by atoms with Gasteiger partial charge in [-0.3, -0.25) is 9.89 Å². The number of H-pyrrole nitrogens is 1. The molecule has 30 heavy (non-hydrogen) atoms. The van der Waals surface area contributed by atoms with E-state index in [-0.39, 0.29) is 12.3 Å². The summed E-state index contributed by atoms with van der Waals surface area (Å²) in [5.74, 6) is 1.83. The van der Waals surface area contributed by atoms with E-state index in [1.807, 2.05) is 54.6 Å². The van der Waals surface area contributed by atoms with Crippen molar-refractivity contribution in [2.45, 2.75) is 20.0 Å². The summed E-state index contributed by atoms with van der Waals surface area (Å²) in [7, 11) is 1.61. The van der Waals surface area contributed by atoms with Gasteiger partial charge in [0, 0.05) is 5.39 Å². The molecule has 3 aromatic carbocycles. The second-order valence-corrected chi connectivity index (χ2v) is 7.07. The normalized spacial score (nSPS) is 10.7. The van der Waals surface area contributed by atoms with Crippen LogP contribution in [0.2, 0.25) is 0 Å². The first-order valence-electron chi connectivity index (χ1n) is 9.70. The molecule has 1 amide bonds. The topological polar surface area (TPSA) is 76.2 Å². The van der Waals surface area contributed by atoms with Crippen molar-refractivity contribution >= 4 is 22.6 Å². The summed E-state index contributed by atoms with van der Waals surface area (Å²) in [6.07, 6.45) is 0.252. The van der Waals surface area contributed by atoms with Gasteiger partial charge in [-0.05, 0) is 53.9 Å². The van der Waals surface area contributed by atoms with Gasteiger partial charge in [0.25, 0.3) is 0 Å². The molecule has 0 spiro atoms. The molecule has 0 unspecified atom stereocenters. The third-order valence-corrected chi connectivity index (χ3v) is 4.97. The average molecular weight is 401 g/mol. The first-order valence-corrected chi connectivity index (χ1v) is 9.70. The van der Waals surface area contributed by atoms with Crippen LogP contribution in [-0.2, 0) is 17.8 Å². The van der Waals surface area contributed by atoms with Crippen LogP contribution in [0.1, 0.15) is 16.7 Å². The zero-order chi connectivity index (χ0) is 20.9. The molecule has 1 aromatic heterocycles. The Morgan fingerprint density at radius 1 is 1.03 bits per heavy atom. The Morgan fingerprint density at radius 3 is 2.57 bits per heavy atom. The monoisotopic (exact) mass is 401 g/mol. The minimum atomic E-state index is -0.139. The van der Waals surface area contributed by atoms with Crippen molar-refractivity contribution in [3.05, 3.63) is 83.4 Å². The van der Waals surface area contributed by atoms with Crippen LogP contribution in [-0.4, -0.2) is 23.2 Å². The van der Waals surface area contributed by atoms with Crippen molar-refractivity contribution in [1.29, 1.82) is 0 Å². The number of nitrogens with one attached hydrogen (secondary N) is 2. The van der Waals surface area contributed by atoms with Gasteiger partial charge in [0.1, 0.15) is 18.1 Å². The molecule has 152 valence electrons. The molecule has 0 bridgehead atoms. The number of nitrogens with zero attached hydrogens (tertiary/aromatic N) is 1. The molecule has 0 aliphatic heterocycles. The number of methoxy groups -OCH3 is 1. The molecular weight excluding hydrogens is 378 g/mol. The summed E-state index contributed by atoms with van der Waals surface area (Å²) in [5, 5.41) is 10.9. The van der Waals surface area contributed by atoms with Crippen molar-refractivity contribution in [2.75, 3.05) is 12.4 Å². The van der Waals surface area contributed by atoms with Crippen molar-refractivity contribution < 1.29 is 14.3 Å². The lowest BCUT2D eigenvalue weighted by Gasteiger charge is -2.09. The van der Waals surface area contributed by atoms with E-state index in [9.17, 15) is 4.79 Å². The van der Waals surface area contributed by atoms with E-state index in [2.05, 4.69) is 34.6 Å². The van der Waals surface area contributed by atoms with E-state index in [1.54, 1.807) is 7.11 Å². The highest BCUT2D eigenvalue weighted by atomic mass is 16.5. The van der Waals surface area contributed by atoms with Crippen LogP contribution in [0.5, 0.6) is 11.5 Å². The molecule has 0 aliphatic rings. The van der Waals surface area contributed by atoms with Gasteiger partial charge in [0.15, 0.2) is 5.82 Å². The number of aromatic nitrogens is 2. The molecule has 0 saturated carbocycles. The predicted octanol–water partition coefficient (Wildman–Crippen LogP) is 4.64. The number of rotatable bonds is 7. The Labute approximate surface area is 174 Å². The zero-order valence-electron chi connectivity index (χ0n) is 16.9. The molecule has 1 heterocycles. The lowest BCUT2D eigenvalue weighted by atomic mass is 10.1. The lowest BCUT2D eigenvalue weighted by Crippen LogP contribution is -2.14. The highest BCUT2D eigenvalue weighted by Gasteiger charge is 2.11. The number of amides is 1. The molecule has 6 heteroatoms. The Morgan fingerprint density at radius 2 is 1.80 bits per heavy atom. The molecule has 0 fully saturated rings. The first-order chi connectivity index (χ1) is 14.6. The fourth-order valence-corrected chi connectivity index (χ4v) is 3.22. The van der Waals surface area contributed by atoms with Gasteiger partial charge >= 0.3 is 0 Å². The molecule has 0 aliphatic carbocycles. The number of carbonyl (C=O) groups excluding carboxylic acids is 1. The summed E-state index contributed by atoms with van der Waals surface area (Å²) >= 11 is 0. The van der Waals surface area contributed by atoms with Crippen LogP contribution >= 0.6 is 0 Å². The second-order valence-electron chi connectivity index (χ2n) is 7.07. The molecule has 0 atom stereocenters. The standard InChI is InChI=1S/C24H23N3O3/c1-16-5-3-4-6-18(16)15-30-20-11-12-22-21(14-20)24(27-26-22)25-23(28)13-17-7-9-19(29-2)10-8-17/h3-12,14H,13,15H2,1-2H3,(H2,25,26,27,28). The summed E-state index contributed by atoms with van der Waals surface area (Å²) in [6, 6.07) is 21.2. The summed E-state index contributed by atoms with van der Waals surface area (Å²) in [5.41, 5.74) is 4.06. The Bertz CT molecular complexity index is 1170. The third kappa shape index (κ3) is 4.43. The first kappa shape index (κ1) is 19.5. The largest absolute Gasteiger partial charge is 0.497 e. The molecule has 0 radical (unpaired) electrons. The lowest BCUT2D eigenvalue weighted by molar-refractivity contribution is -0.115. The highest BCUT2D eigenvalue weighted by Crippen LogP contribution is 2.26. The molecule has 6 nitrogen and oxygen atoms in total. The van der Waals surface area contributed by atoms with Gasteiger partial charge in [-0.25, -0.2) is 0 Å². The Balaban J connectivity index is 1.45. The van der Waals surface area contributed by atoms with Crippen LogP contribution in [0.4, 0.5) is 5.82 Å². The van der Waals surface area contributed by atoms with E-state index in [4.69, 9.17) is 9.47 Å².